The Bertz CT molecular complexity index is 1140. The zero-order valence-electron chi connectivity index (χ0n) is 17.2. The molecule has 7 nitrogen and oxygen atoms in total. The molecule has 160 valence electrons. The van der Waals surface area contributed by atoms with Crippen LogP contribution in [0.25, 0.3) is 11.4 Å². The molecule has 2 N–H and O–H groups in total. The number of carbonyl (C=O) groups excluding carboxylic acids is 2. The Hall–Kier alpha value is -3.20. The first kappa shape index (κ1) is 21.0. The van der Waals surface area contributed by atoms with Gasteiger partial charge >= 0.3 is 6.03 Å². The number of hydrogen-bond donors (Lipinski definition) is 2. The van der Waals surface area contributed by atoms with Crippen molar-refractivity contribution in [3.05, 3.63) is 59.4 Å². The first-order valence-corrected chi connectivity index (χ1v) is 10.9. The number of aromatic nitrogens is 3. The van der Waals surface area contributed by atoms with Gasteiger partial charge in [-0.3, -0.25) is 14.7 Å². The third kappa shape index (κ3) is 4.77. The third-order valence-electron chi connectivity index (χ3n) is 5.13. The lowest BCUT2D eigenvalue weighted by atomic mass is 10.1. The summed E-state index contributed by atoms with van der Waals surface area (Å²) < 4.78 is 16.1. The summed E-state index contributed by atoms with van der Waals surface area (Å²) in [6, 6.07) is 11.6. The molecule has 1 saturated carbocycles. The Morgan fingerprint density at radius 2 is 1.90 bits per heavy atom. The van der Waals surface area contributed by atoms with Crippen molar-refractivity contribution in [2.24, 2.45) is 0 Å². The summed E-state index contributed by atoms with van der Waals surface area (Å²) in [4.78, 5) is 24.5. The van der Waals surface area contributed by atoms with Gasteiger partial charge in [0.1, 0.15) is 5.82 Å². The maximum Gasteiger partial charge on any atom is 0.325 e. The second-order valence-corrected chi connectivity index (χ2v) is 8.37. The van der Waals surface area contributed by atoms with E-state index in [1.807, 2.05) is 30.5 Å². The normalized spacial score (nSPS) is 13.1. The lowest BCUT2D eigenvalue weighted by Crippen LogP contribution is -2.35. The van der Waals surface area contributed by atoms with Crippen molar-refractivity contribution < 1.29 is 14.0 Å². The summed E-state index contributed by atoms with van der Waals surface area (Å²) in [5, 5.41) is 13.9. The highest BCUT2D eigenvalue weighted by Crippen LogP contribution is 2.41. The molecule has 0 spiro atoms. The first-order valence-electron chi connectivity index (χ1n) is 9.93. The molecular formula is C22H22FN5O2S. The maximum absolute atomic E-state index is 14.2. The van der Waals surface area contributed by atoms with Gasteiger partial charge in [0, 0.05) is 11.7 Å². The van der Waals surface area contributed by atoms with E-state index < -0.39 is 11.9 Å². The number of benzene rings is 2. The standard InChI is InChI=1S/C22H22FN5O2S/c1-13-6-5-9-18(14(13)2)24-21(30)25-19(29)12-31-22-27-26-20(28(22)15-10-11-15)16-7-3-4-8-17(16)23/h3-9,15H,10-12H2,1-2H3,(H2,24,25,29,30). The Morgan fingerprint density at radius 3 is 2.65 bits per heavy atom. The van der Waals surface area contributed by atoms with E-state index in [4.69, 9.17) is 0 Å². The number of rotatable bonds is 6. The number of nitrogens with one attached hydrogen (secondary N) is 2. The van der Waals surface area contributed by atoms with Gasteiger partial charge in [0.2, 0.25) is 5.91 Å². The molecule has 3 aromatic rings. The number of anilines is 1. The number of urea groups is 1. The fraction of sp³-hybridized carbons (Fsp3) is 0.273. The van der Waals surface area contributed by atoms with Crippen molar-refractivity contribution >= 4 is 29.4 Å². The van der Waals surface area contributed by atoms with E-state index in [0.717, 1.165) is 24.0 Å². The highest BCUT2D eigenvalue weighted by molar-refractivity contribution is 7.99. The van der Waals surface area contributed by atoms with Gasteiger partial charge in [-0.05, 0) is 56.0 Å². The number of amides is 3. The van der Waals surface area contributed by atoms with Crippen LogP contribution in [0, 0.1) is 19.7 Å². The van der Waals surface area contributed by atoms with E-state index in [1.54, 1.807) is 24.3 Å². The lowest BCUT2D eigenvalue weighted by Gasteiger charge is -2.11. The summed E-state index contributed by atoms with van der Waals surface area (Å²) in [6.07, 6.45) is 1.91. The minimum absolute atomic E-state index is 0.0116. The Kier molecular flexibility index (Phi) is 6.03. The van der Waals surface area contributed by atoms with Crippen LogP contribution >= 0.6 is 11.8 Å². The van der Waals surface area contributed by atoms with Crippen LogP contribution in [0.15, 0.2) is 47.6 Å². The molecule has 4 rings (SSSR count). The summed E-state index contributed by atoms with van der Waals surface area (Å²) in [7, 11) is 0. The summed E-state index contributed by atoms with van der Waals surface area (Å²) in [5.41, 5.74) is 3.02. The van der Waals surface area contributed by atoms with Crippen LogP contribution in [0.3, 0.4) is 0 Å². The average molecular weight is 440 g/mol. The van der Waals surface area contributed by atoms with Gasteiger partial charge in [0.05, 0.1) is 11.3 Å². The molecule has 0 aliphatic heterocycles. The smallest absolute Gasteiger partial charge is 0.307 e. The molecule has 1 aliphatic rings. The first-order chi connectivity index (χ1) is 14.9. The van der Waals surface area contributed by atoms with Crippen LogP contribution in [0.5, 0.6) is 0 Å². The average Bonchev–Trinajstić information content (AvgIpc) is 3.49. The van der Waals surface area contributed by atoms with E-state index in [0.29, 0.717) is 22.2 Å². The number of aryl methyl sites for hydroxylation is 1. The molecule has 0 saturated heterocycles. The number of hydrogen-bond acceptors (Lipinski definition) is 5. The van der Waals surface area contributed by atoms with E-state index in [1.165, 1.54) is 17.8 Å². The van der Waals surface area contributed by atoms with Crippen LogP contribution in [-0.2, 0) is 4.79 Å². The Balaban J connectivity index is 1.40. The van der Waals surface area contributed by atoms with Crippen LogP contribution in [0.2, 0.25) is 0 Å². The van der Waals surface area contributed by atoms with Crippen molar-refractivity contribution in [1.29, 1.82) is 0 Å². The quantitative estimate of drug-likeness (QED) is 0.553. The third-order valence-corrected chi connectivity index (χ3v) is 6.07. The second kappa shape index (κ2) is 8.89. The molecule has 0 radical (unpaired) electrons. The minimum Gasteiger partial charge on any atom is -0.307 e. The predicted octanol–water partition coefficient (Wildman–Crippen LogP) is 4.48. The Morgan fingerprint density at radius 1 is 1.13 bits per heavy atom. The highest BCUT2D eigenvalue weighted by atomic mass is 32.2. The monoisotopic (exact) mass is 439 g/mol. The van der Waals surface area contributed by atoms with Crippen LogP contribution in [0.1, 0.15) is 30.0 Å². The Labute approximate surface area is 183 Å². The molecular weight excluding hydrogens is 417 g/mol. The van der Waals surface area contributed by atoms with E-state index in [-0.39, 0.29) is 17.6 Å². The van der Waals surface area contributed by atoms with Crippen molar-refractivity contribution in [3.63, 3.8) is 0 Å². The zero-order valence-corrected chi connectivity index (χ0v) is 18.0. The van der Waals surface area contributed by atoms with Gasteiger partial charge in [0.25, 0.3) is 0 Å². The van der Waals surface area contributed by atoms with Crippen molar-refractivity contribution in [2.75, 3.05) is 11.1 Å². The number of halogens is 1. The lowest BCUT2D eigenvalue weighted by molar-refractivity contribution is -0.117. The van der Waals surface area contributed by atoms with E-state index in [2.05, 4.69) is 20.8 Å². The number of thioether (sulfide) groups is 1. The van der Waals surface area contributed by atoms with Crippen LogP contribution < -0.4 is 10.6 Å². The van der Waals surface area contributed by atoms with Gasteiger partial charge in [-0.2, -0.15) is 0 Å². The molecule has 1 aliphatic carbocycles. The summed E-state index contributed by atoms with van der Waals surface area (Å²) in [6.45, 7) is 3.85. The van der Waals surface area contributed by atoms with E-state index >= 15 is 0 Å². The molecule has 3 amide bonds. The zero-order chi connectivity index (χ0) is 22.0. The SMILES string of the molecule is Cc1cccc(NC(=O)NC(=O)CSc2nnc(-c3ccccc3F)n2C2CC2)c1C. The minimum atomic E-state index is -0.588. The molecule has 31 heavy (non-hydrogen) atoms. The fourth-order valence-corrected chi connectivity index (χ4v) is 4.00. The number of imide groups is 1. The van der Waals surface area contributed by atoms with Gasteiger partial charge < -0.3 is 5.32 Å². The van der Waals surface area contributed by atoms with Gasteiger partial charge in [-0.25, -0.2) is 9.18 Å². The second-order valence-electron chi connectivity index (χ2n) is 7.43. The molecule has 1 aromatic heterocycles. The number of carbonyl (C=O) groups is 2. The molecule has 0 unspecified atom stereocenters. The largest absolute Gasteiger partial charge is 0.325 e. The molecule has 2 aromatic carbocycles. The topological polar surface area (TPSA) is 88.9 Å². The molecule has 0 atom stereocenters. The molecule has 1 heterocycles. The number of nitrogens with zero attached hydrogens (tertiary/aromatic N) is 3. The molecule has 9 heteroatoms. The fourth-order valence-electron chi connectivity index (χ4n) is 3.20. The van der Waals surface area contributed by atoms with Crippen molar-refractivity contribution in [2.45, 2.75) is 37.9 Å². The van der Waals surface area contributed by atoms with E-state index in [9.17, 15) is 14.0 Å². The van der Waals surface area contributed by atoms with Crippen LogP contribution in [-0.4, -0.2) is 32.5 Å². The summed E-state index contributed by atoms with van der Waals surface area (Å²) in [5.74, 6) is -0.376. The summed E-state index contributed by atoms with van der Waals surface area (Å²) >= 11 is 1.17. The highest BCUT2D eigenvalue weighted by Gasteiger charge is 2.31. The van der Waals surface area contributed by atoms with Crippen molar-refractivity contribution in [1.82, 2.24) is 20.1 Å². The van der Waals surface area contributed by atoms with Gasteiger partial charge in [0.15, 0.2) is 11.0 Å². The van der Waals surface area contributed by atoms with Gasteiger partial charge in [-0.15, -0.1) is 10.2 Å². The van der Waals surface area contributed by atoms with Crippen LogP contribution in [0.4, 0.5) is 14.9 Å². The molecule has 1 fully saturated rings. The predicted molar refractivity (Wildman–Crippen MR) is 117 cm³/mol. The van der Waals surface area contributed by atoms with Gasteiger partial charge in [-0.1, -0.05) is 36.0 Å². The maximum atomic E-state index is 14.2. The molecule has 0 bridgehead atoms. The van der Waals surface area contributed by atoms with Crippen molar-refractivity contribution in [3.8, 4) is 11.4 Å².